The summed E-state index contributed by atoms with van der Waals surface area (Å²) in [7, 11) is 0. The number of hydrogen-bond acceptors (Lipinski definition) is 2. The SMILES string of the molecule is CCOc1ccc(-c2ccc(Br)c(C(=O)O)c2)cc1. The smallest absolute Gasteiger partial charge is 0.336 e. The Morgan fingerprint density at radius 1 is 1.16 bits per heavy atom. The van der Waals surface area contributed by atoms with Crippen molar-refractivity contribution in [1.82, 2.24) is 0 Å². The molecule has 0 fully saturated rings. The number of aromatic carboxylic acids is 1. The van der Waals surface area contributed by atoms with E-state index in [0.29, 0.717) is 11.1 Å². The van der Waals surface area contributed by atoms with Crippen LogP contribution in [-0.2, 0) is 0 Å². The maximum absolute atomic E-state index is 11.1. The molecule has 0 aliphatic heterocycles. The highest BCUT2D eigenvalue weighted by Crippen LogP contribution is 2.27. The van der Waals surface area contributed by atoms with E-state index in [1.54, 1.807) is 12.1 Å². The van der Waals surface area contributed by atoms with Crippen molar-refractivity contribution in [3.63, 3.8) is 0 Å². The Morgan fingerprint density at radius 3 is 2.37 bits per heavy atom. The molecule has 4 heteroatoms. The van der Waals surface area contributed by atoms with Gasteiger partial charge in [-0.15, -0.1) is 0 Å². The number of carbonyl (C=O) groups is 1. The number of halogens is 1. The Morgan fingerprint density at radius 2 is 1.79 bits per heavy atom. The third-order valence-corrected chi connectivity index (χ3v) is 3.39. The number of benzene rings is 2. The Kier molecular flexibility index (Phi) is 4.22. The van der Waals surface area contributed by atoms with Crippen LogP contribution in [0.1, 0.15) is 17.3 Å². The van der Waals surface area contributed by atoms with Gasteiger partial charge in [0.1, 0.15) is 5.75 Å². The van der Waals surface area contributed by atoms with Crippen molar-refractivity contribution >= 4 is 21.9 Å². The summed E-state index contributed by atoms with van der Waals surface area (Å²) in [6.07, 6.45) is 0. The Labute approximate surface area is 120 Å². The van der Waals surface area contributed by atoms with Gasteiger partial charge in [0.15, 0.2) is 0 Å². The lowest BCUT2D eigenvalue weighted by Crippen LogP contribution is -1.97. The fourth-order valence-electron chi connectivity index (χ4n) is 1.78. The molecule has 0 spiro atoms. The molecule has 0 aromatic heterocycles. The molecule has 2 rings (SSSR count). The van der Waals surface area contributed by atoms with Gasteiger partial charge in [-0.2, -0.15) is 0 Å². The van der Waals surface area contributed by atoms with Gasteiger partial charge in [-0.3, -0.25) is 0 Å². The zero-order valence-electron chi connectivity index (χ0n) is 10.4. The molecule has 0 heterocycles. The van der Waals surface area contributed by atoms with Crippen molar-refractivity contribution in [1.29, 1.82) is 0 Å². The lowest BCUT2D eigenvalue weighted by atomic mass is 10.0. The zero-order valence-corrected chi connectivity index (χ0v) is 12.0. The van der Waals surface area contributed by atoms with Crippen LogP contribution in [0.5, 0.6) is 5.75 Å². The second-order valence-corrected chi connectivity index (χ2v) is 4.81. The molecular weight excluding hydrogens is 308 g/mol. The highest BCUT2D eigenvalue weighted by Gasteiger charge is 2.09. The first kappa shape index (κ1) is 13.6. The summed E-state index contributed by atoms with van der Waals surface area (Å²) >= 11 is 3.23. The maximum atomic E-state index is 11.1. The van der Waals surface area contributed by atoms with Crippen molar-refractivity contribution < 1.29 is 14.6 Å². The molecule has 0 unspecified atom stereocenters. The number of rotatable bonds is 4. The molecule has 98 valence electrons. The van der Waals surface area contributed by atoms with Crippen molar-refractivity contribution in [2.24, 2.45) is 0 Å². The molecule has 19 heavy (non-hydrogen) atoms. The van der Waals surface area contributed by atoms with Gasteiger partial charge in [0, 0.05) is 4.47 Å². The topological polar surface area (TPSA) is 46.5 Å². The van der Waals surface area contributed by atoms with Gasteiger partial charge < -0.3 is 9.84 Å². The summed E-state index contributed by atoms with van der Waals surface area (Å²) < 4.78 is 5.95. The maximum Gasteiger partial charge on any atom is 0.336 e. The molecular formula is C15H13BrO3. The summed E-state index contributed by atoms with van der Waals surface area (Å²) in [5, 5.41) is 9.10. The predicted molar refractivity (Wildman–Crippen MR) is 77.7 cm³/mol. The van der Waals surface area contributed by atoms with E-state index in [2.05, 4.69) is 15.9 Å². The van der Waals surface area contributed by atoms with Crippen LogP contribution in [-0.4, -0.2) is 17.7 Å². The average Bonchev–Trinajstić information content (AvgIpc) is 2.40. The molecule has 0 atom stereocenters. The summed E-state index contributed by atoms with van der Waals surface area (Å²) in [5.41, 5.74) is 2.08. The predicted octanol–water partition coefficient (Wildman–Crippen LogP) is 4.21. The molecule has 3 nitrogen and oxygen atoms in total. The van der Waals surface area contributed by atoms with Crippen LogP contribution in [0.25, 0.3) is 11.1 Å². The summed E-state index contributed by atoms with van der Waals surface area (Å²) in [4.78, 5) is 11.1. The van der Waals surface area contributed by atoms with Crippen molar-refractivity contribution in [2.75, 3.05) is 6.61 Å². The number of carboxylic acid groups (broad SMARTS) is 1. The van der Waals surface area contributed by atoms with Gasteiger partial charge >= 0.3 is 5.97 Å². The number of ether oxygens (including phenoxy) is 1. The van der Waals surface area contributed by atoms with Gasteiger partial charge in [-0.1, -0.05) is 18.2 Å². The Hall–Kier alpha value is -1.81. The van der Waals surface area contributed by atoms with E-state index in [1.165, 1.54) is 0 Å². The number of carboxylic acids is 1. The molecule has 0 saturated heterocycles. The first-order valence-corrected chi connectivity index (χ1v) is 6.67. The van der Waals surface area contributed by atoms with Gasteiger partial charge in [0.25, 0.3) is 0 Å². The molecule has 0 saturated carbocycles. The molecule has 2 aromatic carbocycles. The average molecular weight is 321 g/mol. The van der Waals surface area contributed by atoms with Gasteiger partial charge in [-0.25, -0.2) is 4.79 Å². The lowest BCUT2D eigenvalue weighted by molar-refractivity contribution is 0.0696. The molecule has 0 aliphatic rings. The summed E-state index contributed by atoms with van der Waals surface area (Å²) in [6, 6.07) is 12.9. The van der Waals surface area contributed by atoms with E-state index in [9.17, 15) is 4.79 Å². The van der Waals surface area contributed by atoms with Crippen molar-refractivity contribution in [3.8, 4) is 16.9 Å². The molecule has 0 aliphatic carbocycles. The molecule has 0 amide bonds. The zero-order chi connectivity index (χ0) is 13.8. The van der Waals surface area contributed by atoms with Crippen molar-refractivity contribution in [3.05, 3.63) is 52.5 Å². The van der Waals surface area contributed by atoms with Gasteiger partial charge in [-0.05, 0) is 58.2 Å². The number of hydrogen-bond donors (Lipinski definition) is 1. The quantitative estimate of drug-likeness (QED) is 0.917. The lowest BCUT2D eigenvalue weighted by Gasteiger charge is -2.07. The monoisotopic (exact) mass is 320 g/mol. The van der Waals surface area contributed by atoms with Crippen LogP contribution in [0.3, 0.4) is 0 Å². The van der Waals surface area contributed by atoms with E-state index in [-0.39, 0.29) is 5.56 Å². The van der Waals surface area contributed by atoms with Crippen LogP contribution in [0.4, 0.5) is 0 Å². The highest BCUT2D eigenvalue weighted by atomic mass is 79.9. The van der Waals surface area contributed by atoms with Crippen LogP contribution < -0.4 is 4.74 Å². The molecule has 2 aromatic rings. The summed E-state index contributed by atoms with van der Waals surface area (Å²) in [6.45, 7) is 2.56. The van der Waals surface area contributed by atoms with E-state index in [0.717, 1.165) is 16.9 Å². The van der Waals surface area contributed by atoms with E-state index >= 15 is 0 Å². The van der Waals surface area contributed by atoms with E-state index in [4.69, 9.17) is 9.84 Å². The highest BCUT2D eigenvalue weighted by molar-refractivity contribution is 9.10. The summed E-state index contributed by atoms with van der Waals surface area (Å²) in [5.74, 6) is -0.138. The minimum Gasteiger partial charge on any atom is -0.494 e. The fourth-order valence-corrected chi connectivity index (χ4v) is 2.20. The van der Waals surface area contributed by atoms with E-state index in [1.807, 2.05) is 37.3 Å². The standard InChI is InChI=1S/C15H13BrO3/c1-2-19-12-6-3-10(4-7-12)11-5-8-14(16)13(9-11)15(17)18/h3-9H,2H2,1H3,(H,17,18). The molecule has 0 radical (unpaired) electrons. The third-order valence-electron chi connectivity index (χ3n) is 2.70. The Balaban J connectivity index is 2.36. The second-order valence-electron chi connectivity index (χ2n) is 3.96. The van der Waals surface area contributed by atoms with Crippen LogP contribution in [0.15, 0.2) is 46.9 Å². The normalized spacial score (nSPS) is 10.2. The van der Waals surface area contributed by atoms with Gasteiger partial charge in [0.2, 0.25) is 0 Å². The first-order valence-electron chi connectivity index (χ1n) is 5.88. The van der Waals surface area contributed by atoms with Crippen LogP contribution in [0, 0.1) is 0 Å². The van der Waals surface area contributed by atoms with Crippen LogP contribution in [0.2, 0.25) is 0 Å². The minimum atomic E-state index is -0.945. The minimum absolute atomic E-state index is 0.256. The van der Waals surface area contributed by atoms with Gasteiger partial charge in [0.05, 0.1) is 12.2 Å². The largest absolute Gasteiger partial charge is 0.494 e. The second kappa shape index (κ2) is 5.89. The van der Waals surface area contributed by atoms with Crippen molar-refractivity contribution in [2.45, 2.75) is 6.92 Å². The fraction of sp³-hybridized carbons (Fsp3) is 0.133. The first-order chi connectivity index (χ1) is 9.11. The third kappa shape index (κ3) is 3.15. The molecule has 0 bridgehead atoms. The molecule has 1 N–H and O–H groups in total. The Bertz CT molecular complexity index is 591. The van der Waals surface area contributed by atoms with E-state index < -0.39 is 5.97 Å². The van der Waals surface area contributed by atoms with Crippen LogP contribution >= 0.6 is 15.9 Å².